The van der Waals surface area contributed by atoms with Gasteiger partial charge in [-0.15, -0.1) is 0 Å². The lowest BCUT2D eigenvalue weighted by Crippen LogP contribution is -2.11. The summed E-state index contributed by atoms with van der Waals surface area (Å²) in [7, 11) is 0. The van der Waals surface area contributed by atoms with E-state index in [9.17, 15) is 5.11 Å². The van der Waals surface area contributed by atoms with Crippen LogP contribution in [0.4, 0.5) is 0 Å². The highest BCUT2D eigenvalue weighted by molar-refractivity contribution is 5.38. The number of hydrogen-bond donors (Lipinski definition) is 1. The lowest BCUT2D eigenvalue weighted by atomic mass is 10.0. The molecule has 1 aromatic rings. The highest BCUT2D eigenvalue weighted by Crippen LogP contribution is 2.27. The fourth-order valence-electron chi connectivity index (χ4n) is 1.84. The summed E-state index contributed by atoms with van der Waals surface area (Å²) in [6.45, 7) is 8.91. The van der Waals surface area contributed by atoms with Crippen molar-refractivity contribution in [1.82, 2.24) is 0 Å². The molecule has 0 aromatic heterocycles. The molecule has 2 heteroatoms. The average molecular weight is 236 g/mol. The molecule has 0 saturated heterocycles. The first-order chi connectivity index (χ1) is 8.08. The number of aliphatic hydroxyl groups is 1. The Morgan fingerprint density at radius 3 is 2.41 bits per heavy atom. The van der Waals surface area contributed by atoms with E-state index in [2.05, 4.69) is 13.8 Å². The van der Waals surface area contributed by atoms with Gasteiger partial charge in [0, 0.05) is 5.56 Å². The molecule has 17 heavy (non-hydrogen) atoms. The van der Waals surface area contributed by atoms with Crippen LogP contribution in [0.5, 0.6) is 5.75 Å². The molecule has 0 radical (unpaired) electrons. The summed E-state index contributed by atoms with van der Waals surface area (Å²) < 4.78 is 5.86. The summed E-state index contributed by atoms with van der Waals surface area (Å²) >= 11 is 0. The second-order valence-electron chi connectivity index (χ2n) is 4.71. The standard InChI is InChI=1S/C15H24O2/c1-5-13(6-2)10-17-15-9-11(3)7-8-14(15)12(4)16/h7-9,12-13,16H,5-6,10H2,1-4H3/t12-/m1/s1. The predicted octanol–water partition coefficient (Wildman–Crippen LogP) is 3.86. The first-order valence-corrected chi connectivity index (χ1v) is 6.49. The Hall–Kier alpha value is -1.02. The Bertz CT molecular complexity index is 341. The van der Waals surface area contributed by atoms with Gasteiger partial charge in [-0.25, -0.2) is 0 Å². The molecule has 0 aliphatic rings. The van der Waals surface area contributed by atoms with Crippen LogP contribution in [0.1, 0.15) is 50.8 Å². The minimum absolute atomic E-state index is 0.479. The fourth-order valence-corrected chi connectivity index (χ4v) is 1.84. The topological polar surface area (TPSA) is 29.5 Å². The lowest BCUT2D eigenvalue weighted by molar-refractivity contribution is 0.184. The largest absolute Gasteiger partial charge is 0.493 e. The maximum Gasteiger partial charge on any atom is 0.125 e. The Balaban J connectivity index is 2.78. The molecule has 0 unspecified atom stereocenters. The van der Waals surface area contributed by atoms with Crippen molar-refractivity contribution in [1.29, 1.82) is 0 Å². The van der Waals surface area contributed by atoms with Gasteiger partial charge in [0.2, 0.25) is 0 Å². The quantitative estimate of drug-likeness (QED) is 0.812. The third-order valence-electron chi connectivity index (χ3n) is 3.25. The van der Waals surface area contributed by atoms with Crippen LogP contribution in [0.2, 0.25) is 0 Å². The minimum atomic E-state index is -0.479. The van der Waals surface area contributed by atoms with Crippen molar-refractivity contribution < 1.29 is 9.84 Å². The van der Waals surface area contributed by atoms with Crippen LogP contribution in [-0.4, -0.2) is 11.7 Å². The van der Waals surface area contributed by atoms with Crippen molar-refractivity contribution >= 4 is 0 Å². The van der Waals surface area contributed by atoms with E-state index in [0.29, 0.717) is 5.92 Å². The van der Waals surface area contributed by atoms with Crippen LogP contribution in [0.25, 0.3) is 0 Å². The van der Waals surface area contributed by atoms with Crippen molar-refractivity contribution in [2.45, 2.75) is 46.6 Å². The maximum absolute atomic E-state index is 9.70. The van der Waals surface area contributed by atoms with Crippen LogP contribution in [-0.2, 0) is 0 Å². The Morgan fingerprint density at radius 2 is 1.88 bits per heavy atom. The minimum Gasteiger partial charge on any atom is -0.493 e. The number of rotatable bonds is 6. The van der Waals surface area contributed by atoms with Crippen LogP contribution >= 0.6 is 0 Å². The van der Waals surface area contributed by atoms with Crippen molar-refractivity contribution in [2.24, 2.45) is 5.92 Å². The third kappa shape index (κ3) is 4.04. The molecule has 0 saturated carbocycles. The SMILES string of the molecule is CCC(CC)COc1cc(C)ccc1[C@@H](C)O. The Labute approximate surface area is 105 Å². The van der Waals surface area contributed by atoms with E-state index in [-0.39, 0.29) is 0 Å². The molecule has 1 atom stereocenters. The zero-order valence-electron chi connectivity index (χ0n) is 11.4. The van der Waals surface area contributed by atoms with Gasteiger partial charge in [0.25, 0.3) is 0 Å². The molecule has 0 bridgehead atoms. The first-order valence-electron chi connectivity index (χ1n) is 6.49. The van der Waals surface area contributed by atoms with Gasteiger partial charge in [-0.05, 0) is 31.4 Å². The number of hydrogen-bond acceptors (Lipinski definition) is 2. The molecular weight excluding hydrogens is 212 g/mol. The molecule has 1 N–H and O–H groups in total. The summed E-state index contributed by atoms with van der Waals surface area (Å²) in [6.07, 6.45) is 1.78. The van der Waals surface area contributed by atoms with Crippen LogP contribution < -0.4 is 4.74 Å². The van der Waals surface area contributed by atoms with Gasteiger partial charge in [0.1, 0.15) is 5.75 Å². The van der Waals surface area contributed by atoms with Crippen molar-refractivity contribution in [3.63, 3.8) is 0 Å². The smallest absolute Gasteiger partial charge is 0.125 e. The second kappa shape index (κ2) is 6.65. The van der Waals surface area contributed by atoms with E-state index in [1.165, 1.54) is 0 Å². The van der Waals surface area contributed by atoms with Crippen LogP contribution in [0.15, 0.2) is 18.2 Å². The Morgan fingerprint density at radius 1 is 1.24 bits per heavy atom. The van der Waals surface area contributed by atoms with Crippen molar-refractivity contribution in [2.75, 3.05) is 6.61 Å². The van der Waals surface area contributed by atoms with E-state index in [1.54, 1.807) is 6.92 Å². The van der Waals surface area contributed by atoms with Gasteiger partial charge in [0.15, 0.2) is 0 Å². The molecule has 1 aromatic carbocycles. The van der Waals surface area contributed by atoms with E-state index in [1.807, 2.05) is 25.1 Å². The molecule has 1 rings (SSSR count). The third-order valence-corrected chi connectivity index (χ3v) is 3.25. The van der Waals surface area contributed by atoms with Crippen LogP contribution in [0.3, 0.4) is 0 Å². The summed E-state index contributed by atoms with van der Waals surface area (Å²) in [5.74, 6) is 1.42. The van der Waals surface area contributed by atoms with Gasteiger partial charge >= 0.3 is 0 Å². The van der Waals surface area contributed by atoms with Gasteiger partial charge in [-0.3, -0.25) is 0 Å². The summed E-state index contributed by atoms with van der Waals surface area (Å²) in [5, 5.41) is 9.70. The lowest BCUT2D eigenvalue weighted by Gasteiger charge is -2.18. The van der Waals surface area contributed by atoms with Crippen molar-refractivity contribution in [3.8, 4) is 5.75 Å². The molecule has 0 spiro atoms. The number of ether oxygens (including phenoxy) is 1. The number of benzene rings is 1. The molecule has 0 aliphatic carbocycles. The highest BCUT2D eigenvalue weighted by Gasteiger charge is 2.11. The summed E-state index contributed by atoms with van der Waals surface area (Å²) in [4.78, 5) is 0. The van der Waals surface area contributed by atoms with E-state index >= 15 is 0 Å². The molecule has 96 valence electrons. The van der Waals surface area contributed by atoms with Gasteiger partial charge in [-0.2, -0.15) is 0 Å². The summed E-state index contributed by atoms with van der Waals surface area (Å²) in [6, 6.07) is 5.96. The van der Waals surface area contributed by atoms with Gasteiger partial charge in [-0.1, -0.05) is 38.8 Å². The molecule has 0 fully saturated rings. The monoisotopic (exact) mass is 236 g/mol. The first kappa shape index (κ1) is 14.0. The average Bonchev–Trinajstić information content (AvgIpc) is 2.30. The summed E-state index contributed by atoms with van der Waals surface area (Å²) in [5.41, 5.74) is 2.04. The zero-order chi connectivity index (χ0) is 12.8. The van der Waals surface area contributed by atoms with Crippen molar-refractivity contribution in [3.05, 3.63) is 29.3 Å². The maximum atomic E-state index is 9.70. The number of aryl methyl sites for hydroxylation is 1. The van der Waals surface area contributed by atoms with E-state index < -0.39 is 6.10 Å². The second-order valence-corrected chi connectivity index (χ2v) is 4.71. The molecule has 0 heterocycles. The molecule has 0 amide bonds. The van der Waals surface area contributed by atoms with Gasteiger partial charge < -0.3 is 9.84 Å². The van der Waals surface area contributed by atoms with Gasteiger partial charge in [0.05, 0.1) is 12.7 Å². The van der Waals surface area contributed by atoms with E-state index in [4.69, 9.17) is 4.74 Å². The normalized spacial score (nSPS) is 12.8. The number of aliphatic hydroxyl groups excluding tert-OH is 1. The highest BCUT2D eigenvalue weighted by atomic mass is 16.5. The van der Waals surface area contributed by atoms with E-state index in [0.717, 1.165) is 36.3 Å². The molecule has 0 aliphatic heterocycles. The Kier molecular flexibility index (Phi) is 5.49. The van der Waals surface area contributed by atoms with Crippen LogP contribution in [0, 0.1) is 12.8 Å². The molecule has 2 nitrogen and oxygen atoms in total. The molecular formula is C15H24O2. The fraction of sp³-hybridized carbons (Fsp3) is 0.600. The predicted molar refractivity (Wildman–Crippen MR) is 71.4 cm³/mol. The zero-order valence-corrected chi connectivity index (χ0v) is 11.4.